The second kappa shape index (κ2) is 13.4. The van der Waals surface area contributed by atoms with Gasteiger partial charge in [-0.2, -0.15) is 14.1 Å². The summed E-state index contributed by atoms with van der Waals surface area (Å²) in [4.78, 5) is 22.1. The normalized spacial score (nSPS) is 9.46. The Labute approximate surface area is 184 Å². The standard InChI is InChI=1S/2C9H13N2O.2W/c1-7(12)9-4-8(5-10-2)6-11(9)3;1-7(12)9-5-4-8(6-10-2)11(9)3;;/h4,6H,5H2,1-3H3;4-5H,6H2,1-3H3;;/q2*-1;;. The van der Waals surface area contributed by atoms with Crippen molar-refractivity contribution in [3.05, 3.63) is 57.7 Å². The van der Waals surface area contributed by atoms with Crippen LogP contribution >= 0.6 is 0 Å². The summed E-state index contributed by atoms with van der Waals surface area (Å²) in [5.74, 6) is 0.194. The summed E-state index contributed by atoms with van der Waals surface area (Å²) < 4.78 is 3.72. The molecular weight excluding hydrogens is 672 g/mol. The molecule has 2 aromatic rings. The number of carbonyl (C=O) groups excluding carboxylic acids is 2. The van der Waals surface area contributed by atoms with Crippen LogP contribution < -0.4 is 0 Å². The van der Waals surface area contributed by atoms with Gasteiger partial charge in [-0.3, -0.25) is 9.59 Å². The zero-order valence-corrected chi connectivity index (χ0v) is 22.0. The minimum absolute atomic E-state index is 0. The molecule has 0 bridgehead atoms. The average molecular weight is 698 g/mol. The number of aryl methyl sites for hydroxylation is 1. The minimum atomic E-state index is 0. The van der Waals surface area contributed by atoms with Crippen molar-refractivity contribution >= 4 is 11.6 Å². The van der Waals surface area contributed by atoms with Gasteiger partial charge in [0.1, 0.15) is 0 Å². The van der Waals surface area contributed by atoms with E-state index in [0.717, 1.165) is 22.6 Å². The Morgan fingerprint density at radius 2 is 1.46 bits per heavy atom. The largest absolute Gasteiger partial charge is 0.661 e. The third-order valence-corrected chi connectivity index (χ3v) is 3.67. The summed E-state index contributed by atoms with van der Waals surface area (Å²) in [5.41, 5.74) is 3.65. The van der Waals surface area contributed by atoms with Crippen LogP contribution in [0.15, 0.2) is 24.4 Å². The van der Waals surface area contributed by atoms with Crippen LogP contribution in [0.25, 0.3) is 10.6 Å². The second-order valence-corrected chi connectivity index (χ2v) is 5.67. The van der Waals surface area contributed by atoms with Gasteiger partial charge < -0.3 is 19.8 Å². The zero-order valence-electron chi connectivity index (χ0n) is 16.1. The quantitative estimate of drug-likeness (QED) is 0.434. The zero-order chi connectivity index (χ0) is 18.3. The molecule has 0 spiro atoms. The van der Waals surface area contributed by atoms with Gasteiger partial charge in [-0.1, -0.05) is 5.56 Å². The maximum absolute atomic E-state index is 11.0. The van der Waals surface area contributed by atoms with E-state index in [-0.39, 0.29) is 53.7 Å². The Balaban J connectivity index is 0. The van der Waals surface area contributed by atoms with E-state index >= 15 is 0 Å². The Bertz CT molecular complexity index is 696. The smallest absolute Gasteiger partial charge is 0.176 e. The summed E-state index contributed by atoms with van der Waals surface area (Å²) in [5, 5.41) is 8.00. The average Bonchev–Trinajstić information content (AvgIpc) is 3.04. The van der Waals surface area contributed by atoms with Crippen LogP contribution in [0.2, 0.25) is 0 Å². The number of hydrogen-bond acceptors (Lipinski definition) is 2. The van der Waals surface area contributed by atoms with Crippen LogP contribution in [0, 0.1) is 0 Å². The number of hydrogen-bond donors (Lipinski definition) is 0. The van der Waals surface area contributed by atoms with Gasteiger partial charge in [-0.25, -0.2) is 0 Å². The van der Waals surface area contributed by atoms with E-state index in [1.165, 1.54) is 0 Å². The molecule has 0 amide bonds. The number of aromatic nitrogens is 2. The fourth-order valence-corrected chi connectivity index (χ4v) is 2.48. The molecule has 0 fully saturated rings. The Morgan fingerprint density at radius 1 is 0.923 bits per heavy atom. The molecule has 0 aliphatic rings. The number of nitrogens with zero attached hydrogens (tertiary/aromatic N) is 4. The Hall–Kier alpha value is -0.803. The van der Waals surface area contributed by atoms with Gasteiger partial charge in [-0.15, -0.1) is 13.1 Å². The van der Waals surface area contributed by atoms with Crippen molar-refractivity contribution in [3.8, 4) is 0 Å². The maximum atomic E-state index is 11.0. The summed E-state index contributed by atoms with van der Waals surface area (Å²) >= 11 is 0. The summed E-state index contributed by atoms with van der Waals surface area (Å²) in [6.07, 6.45) is 1.93. The van der Waals surface area contributed by atoms with E-state index in [1.54, 1.807) is 27.9 Å². The molecule has 0 saturated carbocycles. The topological polar surface area (TPSA) is 72.2 Å². The molecular formula is C18H26N4O2W2-2. The van der Waals surface area contributed by atoms with Crippen LogP contribution in [0.5, 0.6) is 0 Å². The summed E-state index contributed by atoms with van der Waals surface area (Å²) in [6.45, 7) is 4.50. The molecule has 2 heterocycles. The van der Waals surface area contributed by atoms with Crippen molar-refractivity contribution in [2.75, 3.05) is 14.1 Å². The summed E-state index contributed by atoms with van der Waals surface area (Å²) in [7, 11) is 7.29. The van der Waals surface area contributed by atoms with Gasteiger partial charge >= 0.3 is 0 Å². The first-order chi connectivity index (χ1) is 11.3. The van der Waals surface area contributed by atoms with E-state index in [2.05, 4.69) is 10.6 Å². The molecule has 144 valence electrons. The van der Waals surface area contributed by atoms with Gasteiger partial charge in [0.15, 0.2) is 11.6 Å². The second-order valence-electron chi connectivity index (χ2n) is 5.67. The van der Waals surface area contributed by atoms with Crippen molar-refractivity contribution in [3.63, 3.8) is 0 Å². The number of Topliss-reactive ketones (excluding diaryl/α,β-unsaturated/α-hetero) is 2. The molecule has 0 aromatic carbocycles. The third kappa shape index (κ3) is 7.83. The Kier molecular flexibility index (Phi) is 14.1. The molecule has 2 rings (SSSR count). The molecule has 8 heteroatoms. The maximum Gasteiger partial charge on any atom is 0.176 e. The number of rotatable bonds is 6. The number of carbonyl (C=O) groups is 2. The van der Waals surface area contributed by atoms with Crippen LogP contribution in [0.3, 0.4) is 0 Å². The molecule has 2 aromatic heterocycles. The van der Waals surface area contributed by atoms with Gasteiger partial charge in [0.05, 0.1) is 11.4 Å². The van der Waals surface area contributed by atoms with Crippen molar-refractivity contribution in [2.24, 2.45) is 14.1 Å². The van der Waals surface area contributed by atoms with E-state index in [4.69, 9.17) is 0 Å². The van der Waals surface area contributed by atoms with Gasteiger partial charge in [-0.05, 0) is 23.9 Å². The molecule has 0 radical (unpaired) electrons. The molecule has 0 aliphatic carbocycles. The predicted octanol–water partition coefficient (Wildman–Crippen LogP) is 3.46. The van der Waals surface area contributed by atoms with Crippen LogP contribution in [0.1, 0.15) is 46.1 Å². The van der Waals surface area contributed by atoms with Crippen molar-refractivity contribution in [1.82, 2.24) is 9.13 Å². The SMILES string of the molecule is C[N-]Cc1cc(C(C)=O)n(C)c1.C[N-]Cc1ccc(C(C)=O)n1C.[W].[W]. The molecule has 0 atom stereocenters. The van der Waals surface area contributed by atoms with Gasteiger partial charge in [0.2, 0.25) is 0 Å². The van der Waals surface area contributed by atoms with Gasteiger partial charge in [0, 0.05) is 76.3 Å². The first-order valence-electron chi connectivity index (χ1n) is 7.74. The predicted molar refractivity (Wildman–Crippen MR) is 96.8 cm³/mol. The first kappa shape index (κ1) is 27.4. The molecule has 0 N–H and O–H groups in total. The monoisotopic (exact) mass is 698 g/mol. The fourth-order valence-electron chi connectivity index (χ4n) is 2.48. The summed E-state index contributed by atoms with van der Waals surface area (Å²) in [6, 6.07) is 5.65. The van der Waals surface area contributed by atoms with Crippen LogP contribution in [-0.4, -0.2) is 34.8 Å². The molecule has 0 aliphatic heterocycles. The number of ketones is 2. The Morgan fingerprint density at radius 3 is 1.85 bits per heavy atom. The third-order valence-electron chi connectivity index (χ3n) is 3.67. The minimum Gasteiger partial charge on any atom is -0.661 e. The van der Waals surface area contributed by atoms with E-state index in [1.807, 2.05) is 47.6 Å². The molecule has 0 saturated heterocycles. The van der Waals surface area contributed by atoms with Crippen LogP contribution in [0.4, 0.5) is 0 Å². The molecule has 6 nitrogen and oxygen atoms in total. The van der Waals surface area contributed by atoms with Crippen molar-refractivity contribution in [1.29, 1.82) is 0 Å². The van der Waals surface area contributed by atoms with E-state index in [9.17, 15) is 9.59 Å². The van der Waals surface area contributed by atoms with Crippen LogP contribution in [-0.2, 0) is 69.3 Å². The van der Waals surface area contributed by atoms with Crippen molar-refractivity contribution in [2.45, 2.75) is 26.9 Å². The van der Waals surface area contributed by atoms with Gasteiger partial charge in [0.25, 0.3) is 0 Å². The van der Waals surface area contributed by atoms with E-state index < -0.39 is 0 Å². The van der Waals surface area contributed by atoms with E-state index in [0.29, 0.717) is 13.1 Å². The van der Waals surface area contributed by atoms with Crippen molar-refractivity contribution < 1.29 is 51.7 Å². The first-order valence-corrected chi connectivity index (χ1v) is 7.74. The molecule has 0 unspecified atom stereocenters. The molecule has 26 heavy (non-hydrogen) atoms. The fraction of sp³-hybridized carbons (Fsp3) is 0.444.